The molecule has 0 aliphatic rings. The quantitative estimate of drug-likeness (QED) is 0.512. The molecule has 0 aromatic carbocycles. The van der Waals surface area contributed by atoms with Crippen molar-refractivity contribution in [3.05, 3.63) is 27.6 Å². The second-order valence-electron chi connectivity index (χ2n) is 3.13. The number of carboxylic acids is 1. The number of ether oxygens (including phenoxy) is 1. The first-order valence-electron chi connectivity index (χ1n) is 4.41. The van der Waals surface area contributed by atoms with Gasteiger partial charge in [-0.1, -0.05) is 0 Å². The number of aromatic nitrogens is 1. The molecule has 11 heteroatoms. The fourth-order valence-electron chi connectivity index (χ4n) is 1.10. The maximum Gasteiger partial charge on any atom is 0.575 e. The van der Waals surface area contributed by atoms with E-state index in [2.05, 4.69) is 9.72 Å². The highest BCUT2D eigenvalue weighted by molar-refractivity contribution is 5.70. The number of hydrogen-bond donors (Lipinski definition) is 1. The Hall–Kier alpha value is -2.46. The number of hydrogen-bond acceptors (Lipinski definition) is 5. The van der Waals surface area contributed by atoms with Gasteiger partial charge in [-0.2, -0.15) is 4.39 Å². The van der Waals surface area contributed by atoms with E-state index in [1.165, 1.54) is 0 Å². The largest absolute Gasteiger partial charge is 0.575 e. The lowest BCUT2D eigenvalue weighted by Gasteiger charge is -2.07. The van der Waals surface area contributed by atoms with Crippen LogP contribution < -0.4 is 4.74 Å². The van der Waals surface area contributed by atoms with E-state index in [1.807, 2.05) is 0 Å². The van der Waals surface area contributed by atoms with Crippen LogP contribution in [0.25, 0.3) is 0 Å². The van der Waals surface area contributed by atoms with Crippen LogP contribution >= 0.6 is 0 Å². The molecule has 0 fully saturated rings. The summed E-state index contributed by atoms with van der Waals surface area (Å²) in [7, 11) is 0. The fraction of sp³-hybridized carbons (Fsp3) is 0.250. The molecule has 0 bridgehead atoms. The van der Waals surface area contributed by atoms with Gasteiger partial charge in [0.25, 0.3) is 0 Å². The van der Waals surface area contributed by atoms with E-state index in [4.69, 9.17) is 5.11 Å². The Labute approximate surface area is 101 Å². The lowest BCUT2D eigenvalue weighted by molar-refractivity contribution is -0.390. The second-order valence-corrected chi connectivity index (χ2v) is 3.13. The van der Waals surface area contributed by atoms with Gasteiger partial charge in [0.2, 0.25) is 5.82 Å². The molecule has 0 saturated carbocycles. The van der Waals surface area contributed by atoms with Crippen LogP contribution in [0.3, 0.4) is 0 Å². The summed E-state index contributed by atoms with van der Waals surface area (Å²) < 4.78 is 52.4. The van der Waals surface area contributed by atoms with Crippen molar-refractivity contribution in [3.8, 4) is 5.88 Å². The summed E-state index contributed by atoms with van der Waals surface area (Å²) in [5.41, 5.74) is -0.839. The predicted octanol–water partition coefficient (Wildman–Crippen LogP) is 1.65. The van der Waals surface area contributed by atoms with Crippen LogP contribution in [0.1, 0.15) is 5.56 Å². The summed E-state index contributed by atoms with van der Waals surface area (Å²) in [6.45, 7) is 0. The van der Waals surface area contributed by atoms with Gasteiger partial charge in [-0.3, -0.25) is 4.79 Å². The standard InChI is InChI=1S/C8H4F4N2O5/c9-6-3(2-5(15)16)1-4(14(17)18)13-7(6)19-8(10,11)12/h1H,2H2,(H,15,16). The number of carbonyl (C=O) groups is 1. The molecule has 1 aromatic rings. The Morgan fingerprint density at radius 1 is 1.53 bits per heavy atom. The predicted molar refractivity (Wildman–Crippen MR) is 48.9 cm³/mol. The number of rotatable bonds is 4. The van der Waals surface area contributed by atoms with E-state index in [9.17, 15) is 32.5 Å². The first-order valence-corrected chi connectivity index (χ1v) is 4.41. The number of nitro groups is 1. The van der Waals surface area contributed by atoms with E-state index in [-0.39, 0.29) is 0 Å². The molecule has 0 atom stereocenters. The number of alkyl halides is 3. The molecule has 1 heterocycles. The van der Waals surface area contributed by atoms with Gasteiger partial charge in [-0.05, 0) is 4.92 Å². The molecule has 19 heavy (non-hydrogen) atoms. The first-order chi connectivity index (χ1) is 8.60. The van der Waals surface area contributed by atoms with E-state index in [0.717, 1.165) is 0 Å². The summed E-state index contributed by atoms with van der Waals surface area (Å²) >= 11 is 0. The Kier molecular flexibility index (Phi) is 3.87. The van der Waals surface area contributed by atoms with Crippen LogP contribution in [-0.4, -0.2) is 27.3 Å². The molecule has 1 N–H and O–H groups in total. The molecule has 0 aliphatic carbocycles. The first kappa shape index (κ1) is 14.6. The van der Waals surface area contributed by atoms with E-state index < -0.39 is 46.8 Å². The maximum atomic E-state index is 13.4. The van der Waals surface area contributed by atoms with Gasteiger partial charge in [0.05, 0.1) is 6.42 Å². The molecule has 1 rings (SSSR count). The Morgan fingerprint density at radius 2 is 2.11 bits per heavy atom. The highest BCUT2D eigenvalue weighted by Crippen LogP contribution is 2.28. The lowest BCUT2D eigenvalue weighted by atomic mass is 10.2. The van der Waals surface area contributed by atoms with Crippen LogP contribution in [0, 0.1) is 15.9 Å². The third kappa shape index (κ3) is 4.04. The second kappa shape index (κ2) is 5.04. The summed E-state index contributed by atoms with van der Waals surface area (Å²) in [6, 6.07) is 0.423. The molecular formula is C8H4F4N2O5. The maximum absolute atomic E-state index is 13.4. The third-order valence-electron chi connectivity index (χ3n) is 1.73. The van der Waals surface area contributed by atoms with Crippen LogP contribution in [-0.2, 0) is 11.2 Å². The van der Waals surface area contributed by atoms with Crippen molar-refractivity contribution in [1.29, 1.82) is 0 Å². The summed E-state index contributed by atoms with van der Waals surface area (Å²) in [5, 5.41) is 18.8. The van der Waals surface area contributed by atoms with Crippen molar-refractivity contribution in [2.75, 3.05) is 0 Å². The van der Waals surface area contributed by atoms with Gasteiger partial charge >= 0.3 is 24.0 Å². The molecule has 7 nitrogen and oxygen atoms in total. The van der Waals surface area contributed by atoms with Crippen LogP contribution in [0.5, 0.6) is 5.88 Å². The number of carboxylic acid groups (broad SMARTS) is 1. The van der Waals surface area contributed by atoms with Gasteiger partial charge < -0.3 is 20.0 Å². The Morgan fingerprint density at radius 3 is 2.53 bits per heavy atom. The summed E-state index contributed by atoms with van der Waals surface area (Å²) in [5.74, 6) is -6.16. The smallest absolute Gasteiger partial charge is 0.481 e. The minimum atomic E-state index is -5.32. The van der Waals surface area contributed by atoms with Crippen molar-refractivity contribution in [2.24, 2.45) is 0 Å². The zero-order valence-corrected chi connectivity index (χ0v) is 8.77. The highest BCUT2D eigenvalue weighted by Gasteiger charge is 2.37. The molecule has 0 radical (unpaired) electrons. The molecule has 0 amide bonds. The Balaban J connectivity index is 3.32. The van der Waals surface area contributed by atoms with Crippen LogP contribution in [0.2, 0.25) is 0 Å². The van der Waals surface area contributed by atoms with E-state index in [1.54, 1.807) is 0 Å². The van der Waals surface area contributed by atoms with E-state index >= 15 is 0 Å². The van der Waals surface area contributed by atoms with Gasteiger partial charge in [0.15, 0.2) is 0 Å². The van der Waals surface area contributed by atoms with Crippen molar-refractivity contribution in [2.45, 2.75) is 12.8 Å². The van der Waals surface area contributed by atoms with Gasteiger partial charge in [-0.25, -0.2) is 0 Å². The SMILES string of the molecule is O=C(O)Cc1cc([N+](=O)[O-])nc(OC(F)(F)F)c1F. The topological polar surface area (TPSA) is 103 Å². The van der Waals surface area contributed by atoms with Gasteiger partial charge in [0, 0.05) is 16.6 Å². The average Bonchev–Trinajstić information content (AvgIpc) is 2.20. The van der Waals surface area contributed by atoms with Crippen molar-refractivity contribution < 1.29 is 37.1 Å². The average molecular weight is 284 g/mol. The number of aliphatic carboxylic acids is 1. The lowest BCUT2D eigenvalue weighted by Crippen LogP contribution is -2.20. The Bertz CT molecular complexity index is 531. The van der Waals surface area contributed by atoms with Crippen molar-refractivity contribution in [1.82, 2.24) is 4.98 Å². The normalized spacial score (nSPS) is 11.2. The van der Waals surface area contributed by atoms with Crippen LogP contribution in [0.4, 0.5) is 23.4 Å². The summed E-state index contributed by atoms with van der Waals surface area (Å²) in [6.07, 6.45) is -6.37. The fourth-order valence-corrected chi connectivity index (χ4v) is 1.10. The molecule has 0 unspecified atom stereocenters. The molecule has 0 aliphatic heterocycles. The molecule has 104 valence electrons. The number of halogens is 4. The van der Waals surface area contributed by atoms with E-state index in [0.29, 0.717) is 6.07 Å². The zero-order chi connectivity index (χ0) is 14.8. The third-order valence-corrected chi connectivity index (χ3v) is 1.73. The number of pyridine rings is 1. The molecule has 0 saturated heterocycles. The monoisotopic (exact) mass is 284 g/mol. The van der Waals surface area contributed by atoms with Crippen molar-refractivity contribution in [3.63, 3.8) is 0 Å². The highest BCUT2D eigenvalue weighted by atomic mass is 19.4. The minimum absolute atomic E-state index is 0.423. The van der Waals surface area contributed by atoms with Crippen molar-refractivity contribution >= 4 is 11.8 Å². The zero-order valence-electron chi connectivity index (χ0n) is 8.77. The molecule has 0 spiro atoms. The number of nitrogens with zero attached hydrogens (tertiary/aromatic N) is 2. The molecule has 1 aromatic heterocycles. The van der Waals surface area contributed by atoms with Gasteiger partial charge in [0.1, 0.15) is 0 Å². The molecular weight excluding hydrogens is 280 g/mol. The van der Waals surface area contributed by atoms with Gasteiger partial charge in [-0.15, -0.1) is 13.2 Å². The minimum Gasteiger partial charge on any atom is -0.481 e. The van der Waals surface area contributed by atoms with Crippen LogP contribution in [0.15, 0.2) is 6.07 Å². The summed E-state index contributed by atoms with van der Waals surface area (Å²) in [4.78, 5) is 22.3.